The first kappa shape index (κ1) is 12.1. The fourth-order valence-electron chi connectivity index (χ4n) is 1.44. The second-order valence-corrected chi connectivity index (χ2v) is 6.78. The van der Waals surface area contributed by atoms with Crippen molar-refractivity contribution in [1.29, 1.82) is 0 Å². The fourth-order valence-corrected chi connectivity index (χ4v) is 2.75. The van der Waals surface area contributed by atoms with Crippen LogP contribution >= 0.6 is 11.3 Å². The third-order valence-corrected chi connectivity index (χ3v) is 4.30. The summed E-state index contributed by atoms with van der Waals surface area (Å²) in [5, 5.41) is 5.22. The quantitative estimate of drug-likeness (QED) is 0.926. The minimum Gasteiger partial charge on any atom is -0.380 e. The number of nitrogens with one attached hydrogen (secondary N) is 1. The Morgan fingerprint density at radius 2 is 2.06 bits per heavy atom. The molecule has 0 radical (unpaired) electrons. The van der Waals surface area contributed by atoms with E-state index in [1.165, 1.54) is 11.1 Å². The molecule has 1 aromatic carbocycles. The Morgan fingerprint density at radius 3 is 2.71 bits per heavy atom. The number of thiophene rings is 1. The summed E-state index contributed by atoms with van der Waals surface area (Å²) in [6.07, 6.45) is 1.21. The zero-order valence-corrected chi connectivity index (χ0v) is 11.0. The van der Waals surface area contributed by atoms with Gasteiger partial charge in [-0.05, 0) is 29.6 Å². The molecule has 0 saturated heterocycles. The monoisotopic (exact) mass is 267 g/mol. The maximum Gasteiger partial charge on any atom is 0.175 e. The molecule has 2 aromatic rings. The largest absolute Gasteiger partial charge is 0.380 e. The SMILES string of the molecule is CS(=O)(=O)c1cccc(NCc2cccs2)c1. The van der Waals surface area contributed by atoms with Gasteiger partial charge in [-0.25, -0.2) is 8.42 Å². The van der Waals surface area contributed by atoms with E-state index in [-0.39, 0.29) is 0 Å². The van der Waals surface area contributed by atoms with Crippen LogP contribution in [0.5, 0.6) is 0 Å². The predicted molar refractivity (Wildman–Crippen MR) is 71.2 cm³/mol. The second-order valence-electron chi connectivity index (χ2n) is 3.73. The van der Waals surface area contributed by atoms with Crippen molar-refractivity contribution in [3.63, 3.8) is 0 Å². The van der Waals surface area contributed by atoms with Crippen LogP contribution in [0, 0.1) is 0 Å². The number of hydrogen-bond donors (Lipinski definition) is 1. The third kappa shape index (κ3) is 3.31. The minimum absolute atomic E-state index is 0.341. The number of sulfone groups is 1. The Kier molecular flexibility index (Phi) is 3.49. The summed E-state index contributed by atoms with van der Waals surface area (Å²) in [4.78, 5) is 1.56. The number of benzene rings is 1. The molecule has 0 amide bonds. The predicted octanol–water partition coefficient (Wildman–Crippen LogP) is 2.76. The van der Waals surface area contributed by atoms with Gasteiger partial charge in [-0.1, -0.05) is 12.1 Å². The van der Waals surface area contributed by atoms with E-state index in [0.29, 0.717) is 11.4 Å². The highest BCUT2D eigenvalue weighted by Crippen LogP contribution is 2.17. The maximum atomic E-state index is 11.4. The first-order valence-corrected chi connectivity index (χ1v) is 7.89. The zero-order valence-electron chi connectivity index (χ0n) is 9.38. The summed E-state index contributed by atoms with van der Waals surface area (Å²) >= 11 is 1.67. The van der Waals surface area contributed by atoms with E-state index in [9.17, 15) is 8.42 Å². The molecule has 1 aromatic heterocycles. The van der Waals surface area contributed by atoms with E-state index >= 15 is 0 Å². The molecule has 1 N–H and O–H groups in total. The van der Waals surface area contributed by atoms with Crippen LogP contribution in [0.3, 0.4) is 0 Å². The van der Waals surface area contributed by atoms with Gasteiger partial charge in [-0.3, -0.25) is 0 Å². The van der Waals surface area contributed by atoms with Gasteiger partial charge in [-0.15, -0.1) is 11.3 Å². The van der Waals surface area contributed by atoms with E-state index in [0.717, 1.165) is 5.69 Å². The molecule has 0 unspecified atom stereocenters. The molecular formula is C12H13NO2S2. The van der Waals surface area contributed by atoms with Crippen molar-refractivity contribution in [2.45, 2.75) is 11.4 Å². The fraction of sp³-hybridized carbons (Fsp3) is 0.167. The van der Waals surface area contributed by atoms with Crippen LogP contribution < -0.4 is 5.32 Å². The van der Waals surface area contributed by atoms with E-state index in [2.05, 4.69) is 5.32 Å². The summed E-state index contributed by atoms with van der Waals surface area (Å²) in [6, 6.07) is 10.9. The molecule has 2 rings (SSSR count). The second kappa shape index (κ2) is 4.89. The van der Waals surface area contributed by atoms with Crippen molar-refractivity contribution in [2.75, 3.05) is 11.6 Å². The molecule has 0 fully saturated rings. The lowest BCUT2D eigenvalue weighted by Crippen LogP contribution is -2.01. The van der Waals surface area contributed by atoms with Crippen molar-refractivity contribution >= 4 is 26.9 Å². The molecule has 0 bridgehead atoms. The van der Waals surface area contributed by atoms with Gasteiger partial charge in [-0.2, -0.15) is 0 Å². The summed E-state index contributed by atoms with van der Waals surface area (Å²) in [5.41, 5.74) is 0.821. The molecule has 0 aliphatic rings. The lowest BCUT2D eigenvalue weighted by Gasteiger charge is -2.06. The Labute approximate surface area is 105 Å². The normalized spacial score (nSPS) is 11.4. The highest BCUT2D eigenvalue weighted by molar-refractivity contribution is 7.90. The summed E-state index contributed by atoms with van der Waals surface area (Å²) in [6.45, 7) is 0.713. The van der Waals surface area contributed by atoms with Gasteiger partial charge in [0.1, 0.15) is 0 Å². The Balaban J connectivity index is 2.12. The Morgan fingerprint density at radius 1 is 1.24 bits per heavy atom. The molecule has 0 aliphatic carbocycles. The van der Waals surface area contributed by atoms with Crippen molar-refractivity contribution in [3.05, 3.63) is 46.7 Å². The first-order valence-electron chi connectivity index (χ1n) is 5.12. The van der Waals surface area contributed by atoms with Gasteiger partial charge >= 0.3 is 0 Å². The number of hydrogen-bond acceptors (Lipinski definition) is 4. The molecule has 0 aliphatic heterocycles. The highest BCUT2D eigenvalue weighted by Gasteiger charge is 2.06. The van der Waals surface area contributed by atoms with Gasteiger partial charge in [0.05, 0.1) is 4.90 Å². The van der Waals surface area contributed by atoms with Crippen molar-refractivity contribution in [1.82, 2.24) is 0 Å². The van der Waals surface area contributed by atoms with Crippen LogP contribution in [-0.2, 0) is 16.4 Å². The van der Waals surface area contributed by atoms with E-state index in [1.807, 2.05) is 23.6 Å². The van der Waals surface area contributed by atoms with Crippen LogP contribution in [0.25, 0.3) is 0 Å². The molecule has 3 nitrogen and oxygen atoms in total. The van der Waals surface area contributed by atoms with Crippen LogP contribution in [0.1, 0.15) is 4.88 Å². The molecule has 5 heteroatoms. The molecular weight excluding hydrogens is 254 g/mol. The smallest absolute Gasteiger partial charge is 0.175 e. The van der Waals surface area contributed by atoms with E-state index in [4.69, 9.17) is 0 Å². The Hall–Kier alpha value is -1.33. The average molecular weight is 267 g/mol. The van der Waals surface area contributed by atoms with Crippen molar-refractivity contribution in [2.24, 2.45) is 0 Å². The van der Waals surface area contributed by atoms with Crippen LogP contribution in [-0.4, -0.2) is 14.7 Å². The van der Waals surface area contributed by atoms with Crippen LogP contribution in [0.4, 0.5) is 5.69 Å². The maximum absolute atomic E-state index is 11.4. The van der Waals surface area contributed by atoms with Gasteiger partial charge in [0.2, 0.25) is 0 Å². The average Bonchev–Trinajstić information content (AvgIpc) is 2.78. The van der Waals surface area contributed by atoms with Crippen molar-refractivity contribution in [3.8, 4) is 0 Å². The molecule has 0 spiro atoms. The molecule has 0 atom stereocenters. The Bertz CT molecular complexity index is 589. The van der Waals surface area contributed by atoms with Gasteiger partial charge in [0, 0.05) is 23.4 Å². The highest BCUT2D eigenvalue weighted by atomic mass is 32.2. The van der Waals surface area contributed by atoms with Crippen LogP contribution in [0.2, 0.25) is 0 Å². The standard InChI is InChI=1S/C12H13NO2S2/c1-17(14,15)12-6-2-4-10(8-12)13-9-11-5-3-7-16-11/h2-8,13H,9H2,1H3. The molecule has 1 heterocycles. The molecule has 17 heavy (non-hydrogen) atoms. The summed E-state index contributed by atoms with van der Waals surface area (Å²) in [5.74, 6) is 0. The summed E-state index contributed by atoms with van der Waals surface area (Å²) in [7, 11) is -3.13. The zero-order chi connectivity index (χ0) is 12.3. The van der Waals surface area contributed by atoms with Gasteiger partial charge < -0.3 is 5.32 Å². The van der Waals surface area contributed by atoms with E-state index < -0.39 is 9.84 Å². The van der Waals surface area contributed by atoms with Gasteiger partial charge in [0.15, 0.2) is 9.84 Å². The molecule has 0 saturated carbocycles. The third-order valence-electron chi connectivity index (χ3n) is 2.31. The first-order chi connectivity index (χ1) is 8.05. The van der Waals surface area contributed by atoms with E-state index in [1.54, 1.807) is 29.5 Å². The van der Waals surface area contributed by atoms with Crippen molar-refractivity contribution < 1.29 is 8.42 Å². The number of rotatable bonds is 4. The van der Waals surface area contributed by atoms with Crippen LogP contribution in [0.15, 0.2) is 46.7 Å². The topological polar surface area (TPSA) is 46.2 Å². The van der Waals surface area contributed by atoms with Gasteiger partial charge in [0.25, 0.3) is 0 Å². The lowest BCUT2D eigenvalue weighted by atomic mass is 10.3. The minimum atomic E-state index is -3.13. The summed E-state index contributed by atoms with van der Waals surface area (Å²) < 4.78 is 22.8. The number of anilines is 1. The molecule has 90 valence electrons. The lowest BCUT2D eigenvalue weighted by molar-refractivity contribution is 0.602.